The van der Waals surface area contributed by atoms with Crippen molar-refractivity contribution in [1.82, 2.24) is 10.2 Å². The lowest BCUT2D eigenvalue weighted by atomic mass is 9.93. The third kappa shape index (κ3) is 9.39. The zero-order chi connectivity index (χ0) is 30.0. The molecule has 3 amide bonds. The van der Waals surface area contributed by atoms with E-state index in [1.54, 1.807) is 25.7 Å². The largest absolute Gasteiger partial charge is 0.444 e. The number of aryl methyl sites for hydroxylation is 3. The van der Waals surface area contributed by atoms with E-state index in [1.165, 1.54) is 0 Å². The standard InChI is InChI=1S/C33H49N3O4/c1-10-12-15-20-36(31(38)28(23(4)11-2)35-32(39)40-33(7,8)9)29(26-21-22(3)18-19-24(26)5)30(37)34-27-17-14-13-16-25(27)6/h13-14,16-19,21,23,28-29H,10-12,15,20H2,1-9H3,(H,34,37)(H,35,39). The molecule has 0 saturated heterocycles. The Morgan fingerprint density at radius 1 is 0.950 bits per heavy atom. The number of ether oxygens (including phenoxy) is 1. The highest BCUT2D eigenvalue weighted by Crippen LogP contribution is 2.30. The van der Waals surface area contributed by atoms with Gasteiger partial charge in [-0.15, -0.1) is 0 Å². The Balaban J connectivity index is 2.63. The maximum absolute atomic E-state index is 14.4. The molecule has 220 valence electrons. The molecule has 2 aromatic carbocycles. The van der Waals surface area contributed by atoms with Crippen LogP contribution in [0.15, 0.2) is 42.5 Å². The molecule has 0 spiro atoms. The summed E-state index contributed by atoms with van der Waals surface area (Å²) in [4.78, 5) is 43.1. The van der Waals surface area contributed by atoms with Crippen LogP contribution < -0.4 is 10.6 Å². The van der Waals surface area contributed by atoms with Crippen LogP contribution in [0.2, 0.25) is 0 Å². The molecule has 3 unspecified atom stereocenters. The number of nitrogens with zero attached hydrogens (tertiary/aromatic N) is 1. The van der Waals surface area contributed by atoms with E-state index < -0.39 is 23.8 Å². The van der Waals surface area contributed by atoms with Crippen molar-refractivity contribution in [1.29, 1.82) is 0 Å². The Bertz CT molecular complexity index is 1150. The summed E-state index contributed by atoms with van der Waals surface area (Å²) in [5, 5.41) is 5.93. The fourth-order valence-corrected chi connectivity index (χ4v) is 4.61. The van der Waals surface area contributed by atoms with E-state index in [0.717, 1.165) is 41.5 Å². The van der Waals surface area contributed by atoms with Crippen molar-refractivity contribution in [2.75, 3.05) is 11.9 Å². The molecule has 40 heavy (non-hydrogen) atoms. The van der Waals surface area contributed by atoms with Gasteiger partial charge in [-0.05, 0) is 76.6 Å². The molecule has 0 aliphatic carbocycles. The van der Waals surface area contributed by atoms with Gasteiger partial charge in [0.2, 0.25) is 5.91 Å². The highest BCUT2D eigenvalue weighted by Gasteiger charge is 2.38. The Kier molecular flexibility index (Phi) is 12.2. The first-order chi connectivity index (χ1) is 18.8. The van der Waals surface area contributed by atoms with Crippen molar-refractivity contribution < 1.29 is 19.1 Å². The van der Waals surface area contributed by atoms with Crippen molar-refractivity contribution in [2.45, 2.75) is 106 Å². The van der Waals surface area contributed by atoms with Gasteiger partial charge in [0.25, 0.3) is 5.91 Å². The predicted octanol–water partition coefficient (Wildman–Crippen LogP) is 7.25. The van der Waals surface area contributed by atoms with Crippen LogP contribution in [0.25, 0.3) is 0 Å². The molecule has 0 aliphatic heterocycles. The number of carbonyl (C=O) groups excluding carboxylic acids is 3. The predicted molar refractivity (Wildman–Crippen MR) is 162 cm³/mol. The molecule has 7 heteroatoms. The summed E-state index contributed by atoms with van der Waals surface area (Å²) in [5.74, 6) is -0.748. The number of hydrogen-bond acceptors (Lipinski definition) is 4. The monoisotopic (exact) mass is 551 g/mol. The molecule has 7 nitrogen and oxygen atoms in total. The molecule has 2 N–H and O–H groups in total. The number of amides is 3. The second-order valence-corrected chi connectivity index (χ2v) is 11.8. The first-order valence-electron chi connectivity index (χ1n) is 14.5. The molecule has 0 radical (unpaired) electrons. The van der Waals surface area contributed by atoms with Crippen LogP contribution in [-0.4, -0.2) is 41.0 Å². The molecular weight excluding hydrogens is 502 g/mol. The molecule has 0 aromatic heterocycles. The summed E-state index contributed by atoms with van der Waals surface area (Å²) in [6, 6.07) is 11.9. The van der Waals surface area contributed by atoms with E-state index in [1.807, 2.05) is 77.1 Å². The van der Waals surface area contributed by atoms with Crippen LogP contribution in [0.3, 0.4) is 0 Å². The van der Waals surface area contributed by atoms with Crippen molar-refractivity contribution in [3.8, 4) is 0 Å². The third-order valence-corrected chi connectivity index (χ3v) is 7.13. The van der Waals surface area contributed by atoms with Gasteiger partial charge in [-0.2, -0.15) is 0 Å². The van der Waals surface area contributed by atoms with Crippen LogP contribution >= 0.6 is 0 Å². The first kappa shape index (κ1) is 32.9. The second-order valence-electron chi connectivity index (χ2n) is 11.8. The third-order valence-electron chi connectivity index (χ3n) is 7.13. The summed E-state index contributed by atoms with van der Waals surface area (Å²) >= 11 is 0. The number of hydrogen-bond donors (Lipinski definition) is 2. The lowest BCUT2D eigenvalue weighted by molar-refractivity contribution is -0.142. The van der Waals surface area contributed by atoms with Gasteiger partial charge in [-0.3, -0.25) is 9.59 Å². The average molecular weight is 552 g/mol. The van der Waals surface area contributed by atoms with Crippen molar-refractivity contribution in [3.63, 3.8) is 0 Å². The minimum atomic E-state index is -0.879. The molecular formula is C33H49N3O4. The van der Waals surface area contributed by atoms with Crippen LogP contribution in [0.4, 0.5) is 10.5 Å². The fraction of sp³-hybridized carbons (Fsp3) is 0.545. The zero-order valence-corrected chi connectivity index (χ0v) is 25.9. The van der Waals surface area contributed by atoms with E-state index >= 15 is 0 Å². The fourth-order valence-electron chi connectivity index (χ4n) is 4.61. The molecule has 0 saturated carbocycles. The van der Waals surface area contributed by atoms with Crippen LogP contribution in [-0.2, 0) is 14.3 Å². The van der Waals surface area contributed by atoms with Crippen molar-refractivity contribution in [2.24, 2.45) is 5.92 Å². The quantitative estimate of drug-likeness (QED) is 0.272. The maximum atomic E-state index is 14.4. The maximum Gasteiger partial charge on any atom is 0.408 e. The highest BCUT2D eigenvalue weighted by atomic mass is 16.6. The van der Waals surface area contributed by atoms with Gasteiger partial charge in [0.05, 0.1) is 0 Å². The normalized spacial score (nSPS) is 13.6. The number of alkyl carbamates (subject to hydrolysis) is 1. The SMILES string of the molecule is CCCCCN(C(=O)C(NC(=O)OC(C)(C)C)C(C)CC)C(C(=O)Nc1ccccc1C)c1cc(C)ccc1C. The lowest BCUT2D eigenvalue weighted by Gasteiger charge is -2.36. The Hall–Kier alpha value is -3.35. The number of benzene rings is 2. The summed E-state index contributed by atoms with van der Waals surface area (Å²) < 4.78 is 5.51. The van der Waals surface area contributed by atoms with Gasteiger partial charge >= 0.3 is 6.09 Å². The smallest absolute Gasteiger partial charge is 0.408 e. The van der Waals surface area contributed by atoms with Gasteiger partial charge in [0, 0.05) is 12.2 Å². The molecule has 2 aromatic rings. The van der Waals surface area contributed by atoms with E-state index in [0.29, 0.717) is 18.7 Å². The summed E-state index contributed by atoms with van der Waals surface area (Å²) in [6.07, 6.45) is 2.64. The molecule has 0 bridgehead atoms. The van der Waals surface area contributed by atoms with Gasteiger partial charge < -0.3 is 20.3 Å². The Morgan fingerprint density at radius 3 is 2.23 bits per heavy atom. The van der Waals surface area contributed by atoms with Crippen molar-refractivity contribution in [3.05, 3.63) is 64.7 Å². The molecule has 0 fully saturated rings. The highest BCUT2D eigenvalue weighted by molar-refractivity contribution is 5.99. The number of para-hydroxylation sites is 1. The number of carbonyl (C=O) groups is 3. The number of unbranched alkanes of at least 4 members (excludes halogenated alkanes) is 2. The Morgan fingerprint density at radius 2 is 1.62 bits per heavy atom. The first-order valence-corrected chi connectivity index (χ1v) is 14.5. The van der Waals surface area contributed by atoms with Crippen molar-refractivity contribution >= 4 is 23.6 Å². The lowest BCUT2D eigenvalue weighted by Crippen LogP contribution is -2.55. The summed E-state index contributed by atoms with van der Waals surface area (Å²) in [6.45, 7) is 17.6. The summed E-state index contributed by atoms with van der Waals surface area (Å²) in [5.41, 5.74) is 3.63. The van der Waals surface area contributed by atoms with Crippen LogP contribution in [0.5, 0.6) is 0 Å². The molecule has 3 atom stereocenters. The number of anilines is 1. The molecule has 2 rings (SSSR count). The minimum absolute atomic E-state index is 0.174. The molecule has 0 aliphatic rings. The van der Waals surface area contributed by atoms with Crippen LogP contribution in [0.1, 0.15) is 95.5 Å². The van der Waals surface area contributed by atoms with E-state index in [-0.39, 0.29) is 17.7 Å². The van der Waals surface area contributed by atoms with E-state index in [9.17, 15) is 14.4 Å². The van der Waals surface area contributed by atoms with Crippen LogP contribution in [0, 0.1) is 26.7 Å². The van der Waals surface area contributed by atoms with E-state index in [4.69, 9.17) is 4.74 Å². The average Bonchev–Trinajstić information content (AvgIpc) is 2.88. The zero-order valence-electron chi connectivity index (χ0n) is 25.9. The van der Waals surface area contributed by atoms with E-state index in [2.05, 4.69) is 17.6 Å². The van der Waals surface area contributed by atoms with Gasteiger partial charge in [0.1, 0.15) is 17.7 Å². The number of nitrogens with one attached hydrogen (secondary N) is 2. The van der Waals surface area contributed by atoms with Gasteiger partial charge in [-0.1, -0.05) is 82.0 Å². The topological polar surface area (TPSA) is 87.7 Å². The Labute approximate surface area is 241 Å². The second kappa shape index (κ2) is 14.9. The molecule has 0 heterocycles. The summed E-state index contributed by atoms with van der Waals surface area (Å²) in [7, 11) is 0. The minimum Gasteiger partial charge on any atom is -0.444 e. The number of rotatable bonds is 12. The van der Waals surface area contributed by atoms with Gasteiger partial charge in [-0.25, -0.2) is 4.79 Å². The van der Waals surface area contributed by atoms with Gasteiger partial charge in [0.15, 0.2) is 0 Å².